The van der Waals surface area contributed by atoms with E-state index < -0.39 is 6.61 Å². The van der Waals surface area contributed by atoms with Gasteiger partial charge in [0.1, 0.15) is 0 Å². The molecule has 1 rings (SSSR count). The number of aromatic nitrogens is 2. The van der Waals surface area contributed by atoms with Crippen molar-refractivity contribution in [2.75, 3.05) is 0 Å². The Bertz CT molecular complexity index is 274. The monoisotopic (exact) mass is 220 g/mol. The lowest BCUT2D eigenvalue weighted by Gasteiger charge is -2.00. The molecule has 0 spiro atoms. The van der Waals surface area contributed by atoms with Crippen molar-refractivity contribution in [3.8, 4) is 5.88 Å². The first-order chi connectivity index (χ1) is 7.04. The van der Waals surface area contributed by atoms with Crippen LogP contribution in [0.1, 0.15) is 32.8 Å². The SMILES string of the molecule is CCC.CCc1cn(C)nc1OC(F)F. The van der Waals surface area contributed by atoms with Gasteiger partial charge in [-0.2, -0.15) is 8.78 Å². The van der Waals surface area contributed by atoms with Crippen LogP contribution in [0.25, 0.3) is 0 Å². The number of hydrogen-bond donors (Lipinski definition) is 0. The van der Waals surface area contributed by atoms with Gasteiger partial charge in [0.05, 0.1) is 0 Å². The third kappa shape index (κ3) is 5.34. The molecule has 1 aromatic heterocycles. The number of ether oxygens (including phenoxy) is 1. The van der Waals surface area contributed by atoms with Crippen LogP contribution in [0.4, 0.5) is 8.78 Å². The van der Waals surface area contributed by atoms with E-state index in [4.69, 9.17) is 0 Å². The molecule has 0 aromatic carbocycles. The fourth-order valence-corrected chi connectivity index (χ4v) is 0.943. The third-order valence-corrected chi connectivity index (χ3v) is 1.45. The third-order valence-electron chi connectivity index (χ3n) is 1.45. The Labute approximate surface area is 89.0 Å². The lowest BCUT2D eigenvalue weighted by atomic mass is 10.3. The van der Waals surface area contributed by atoms with Gasteiger partial charge in [0.15, 0.2) is 0 Å². The lowest BCUT2D eigenvalue weighted by molar-refractivity contribution is -0.0536. The van der Waals surface area contributed by atoms with Crippen LogP contribution in [0.2, 0.25) is 0 Å². The number of alkyl halides is 2. The van der Waals surface area contributed by atoms with E-state index in [1.165, 1.54) is 11.1 Å². The van der Waals surface area contributed by atoms with Crippen molar-refractivity contribution in [3.05, 3.63) is 11.8 Å². The molecule has 0 aliphatic heterocycles. The molecule has 0 bridgehead atoms. The summed E-state index contributed by atoms with van der Waals surface area (Å²) < 4.78 is 29.2. The Morgan fingerprint density at radius 3 is 2.33 bits per heavy atom. The summed E-state index contributed by atoms with van der Waals surface area (Å²) in [7, 11) is 1.66. The Morgan fingerprint density at radius 1 is 1.40 bits per heavy atom. The molecule has 1 heterocycles. The number of rotatable bonds is 3. The molecule has 0 radical (unpaired) electrons. The molecule has 0 saturated heterocycles. The highest BCUT2D eigenvalue weighted by Crippen LogP contribution is 2.17. The van der Waals surface area contributed by atoms with Crippen molar-refractivity contribution < 1.29 is 13.5 Å². The van der Waals surface area contributed by atoms with E-state index in [2.05, 4.69) is 23.7 Å². The van der Waals surface area contributed by atoms with Gasteiger partial charge in [0.2, 0.25) is 5.88 Å². The second-order valence-electron chi connectivity index (χ2n) is 3.07. The first kappa shape index (κ1) is 13.9. The molecule has 3 nitrogen and oxygen atoms in total. The molecule has 1 aromatic rings. The lowest BCUT2D eigenvalue weighted by Crippen LogP contribution is -2.04. The van der Waals surface area contributed by atoms with Crippen LogP contribution in [-0.4, -0.2) is 16.4 Å². The zero-order chi connectivity index (χ0) is 11.8. The van der Waals surface area contributed by atoms with E-state index in [0.29, 0.717) is 12.0 Å². The van der Waals surface area contributed by atoms with Crippen LogP contribution >= 0.6 is 0 Å². The van der Waals surface area contributed by atoms with Gasteiger partial charge in [-0.05, 0) is 6.42 Å². The molecule has 0 N–H and O–H groups in total. The number of halogens is 2. The first-order valence-corrected chi connectivity index (χ1v) is 5.02. The fourth-order valence-electron chi connectivity index (χ4n) is 0.943. The zero-order valence-corrected chi connectivity index (χ0v) is 9.63. The van der Waals surface area contributed by atoms with Gasteiger partial charge in [0.25, 0.3) is 0 Å². The second kappa shape index (κ2) is 7.20. The Balaban J connectivity index is 0.000000583. The van der Waals surface area contributed by atoms with E-state index in [1.807, 2.05) is 6.92 Å². The molecule has 5 heteroatoms. The summed E-state index contributed by atoms with van der Waals surface area (Å²) in [6, 6.07) is 0. The zero-order valence-electron chi connectivity index (χ0n) is 9.63. The molecule has 88 valence electrons. The number of aryl methyl sites for hydroxylation is 2. The molecule has 0 aliphatic rings. The summed E-state index contributed by atoms with van der Waals surface area (Å²) in [6.07, 6.45) is 3.55. The predicted molar refractivity (Wildman–Crippen MR) is 55.2 cm³/mol. The van der Waals surface area contributed by atoms with E-state index >= 15 is 0 Å². The highest BCUT2D eigenvalue weighted by Gasteiger charge is 2.11. The van der Waals surface area contributed by atoms with Crippen LogP contribution in [0.15, 0.2) is 6.20 Å². The Hall–Kier alpha value is -1.13. The minimum atomic E-state index is -2.80. The minimum Gasteiger partial charge on any atom is -0.415 e. The van der Waals surface area contributed by atoms with E-state index in [-0.39, 0.29) is 5.88 Å². The highest BCUT2D eigenvalue weighted by atomic mass is 19.3. The summed E-state index contributed by atoms with van der Waals surface area (Å²) in [6.45, 7) is 3.31. The van der Waals surface area contributed by atoms with Gasteiger partial charge in [-0.3, -0.25) is 4.68 Å². The van der Waals surface area contributed by atoms with E-state index in [1.54, 1.807) is 13.2 Å². The molecule has 0 saturated carbocycles. The Kier molecular flexibility index (Phi) is 6.66. The molecular weight excluding hydrogens is 202 g/mol. The van der Waals surface area contributed by atoms with Crippen molar-refractivity contribution in [2.24, 2.45) is 7.05 Å². The first-order valence-electron chi connectivity index (χ1n) is 5.02. The van der Waals surface area contributed by atoms with Crippen LogP contribution in [0.3, 0.4) is 0 Å². The van der Waals surface area contributed by atoms with Crippen molar-refractivity contribution >= 4 is 0 Å². The van der Waals surface area contributed by atoms with Crippen molar-refractivity contribution in [1.82, 2.24) is 9.78 Å². The molecule has 0 amide bonds. The van der Waals surface area contributed by atoms with Crippen molar-refractivity contribution in [1.29, 1.82) is 0 Å². The molecule has 0 atom stereocenters. The average molecular weight is 220 g/mol. The maximum atomic E-state index is 11.8. The topological polar surface area (TPSA) is 27.1 Å². The van der Waals surface area contributed by atoms with Gasteiger partial charge < -0.3 is 4.74 Å². The van der Waals surface area contributed by atoms with Crippen LogP contribution < -0.4 is 4.74 Å². The van der Waals surface area contributed by atoms with Crippen LogP contribution in [0, 0.1) is 0 Å². The van der Waals surface area contributed by atoms with Gasteiger partial charge in [0, 0.05) is 18.8 Å². The van der Waals surface area contributed by atoms with Gasteiger partial charge in [-0.1, -0.05) is 27.2 Å². The van der Waals surface area contributed by atoms with Crippen LogP contribution in [-0.2, 0) is 13.5 Å². The normalized spacial score (nSPS) is 9.80. The van der Waals surface area contributed by atoms with Gasteiger partial charge in [-0.15, -0.1) is 5.10 Å². The van der Waals surface area contributed by atoms with E-state index in [0.717, 1.165) is 0 Å². The summed E-state index contributed by atoms with van der Waals surface area (Å²) >= 11 is 0. The van der Waals surface area contributed by atoms with Gasteiger partial charge in [-0.25, -0.2) is 0 Å². The smallest absolute Gasteiger partial charge is 0.388 e. The summed E-state index contributed by atoms with van der Waals surface area (Å²) in [5, 5.41) is 3.74. The van der Waals surface area contributed by atoms with Gasteiger partial charge >= 0.3 is 6.61 Å². The summed E-state index contributed by atoms with van der Waals surface area (Å²) in [4.78, 5) is 0. The van der Waals surface area contributed by atoms with Crippen molar-refractivity contribution in [2.45, 2.75) is 40.2 Å². The quantitative estimate of drug-likeness (QED) is 0.783. The molecule has 15 heavy (non-hydrogen) atoms. The highest BCUT2D eigenvalue weighted by molar-refractivity contribution is 5.22. The fraction of sp³-hybridized carbons (Fsp3) is 0.700. The largest absolute Gasteiger partial charge is 0.415 e. The van der Waals surface area contributed by atoms with Crippen LogP contribution in [0.5, 0.6) is 5.88 Å². The molecule has 0 aliphatic carbocycles. The average Bonchev–Trinajstić information content (AvgIpc) is 2.46. The number of nitrogens with zero attached hydrogens (tertiary/aromatic N) is 2. The second-order valence-corrected chi connectivity index (χ2v) is 3.07. The molecular formula is C10H18F2N2O. The minimum absolute atomic E-state index is 0.0231. The maximum absolute atomic E-state index is 11.8. The summed E-state index contributed by atoms with van der Waals surface area (Å²) in [5.74, 6) is 0.0231. The van der Waals surface area contributed by atoms with Crippen molar-refractivity contribution in [3.63, 3.8) is 0 Å². The summed E-state index contributed by atoms with van der Waals surface area (Å²) in [5.41, 5.74) is 0.692. The molecule has 0 fully saturated rings. The Morgan fingerprint density at radius 2 is 1.93 bits per heavy atom. The predicted octanol–water partition coefficient (Wildman–Crippen LogP) is 3.00. The maximum Gasteiger partial charge on any atom is 0.388 e. The van der Waals surface area contributed by atoms with E-state index in [9.17, 15) is 8.78 Å². The molecule has 0 unspecified atom stereocenters. The number of hydrogen-bond acceptors (Lipinski definition) is 2. The standard InChI is InChI=1S/C7H10F2N2O.C3H8/c1-3-5-4-11(2)10-6(5)12-7(8)9;1-3-2/h4,7H,3H2,1-2H3;3H2,1-2H3.